The maximum Gasteiger partial charge on any atom is 0.0992 e. The van der Waals surface area contributed by atoms with Crippen LogP contribution in [0.4, 0.5) is 5.69 Å². The number of halogens is 1. The Labute approximate surface area is 105 Å². The summed E-state index contributed by atoms with van der Waals surface area (Å²) in [6.45, 7) is 2.82. The lowest BCUT2D eigenvalue weighted by molar-refractivity contribution is 0.191. The summed E-state index contributed by atoms with van der Waals surface area (Å²) in [6.07, 6.45) is 0.935. The summed E-state index contributed by atoms with van der Waals surface area (Å²) in [7, 11) is 1.69. The smallest absolute Gasteiger partial charge is 0.0992 e. The first-order valence-corrected chi connectivity index (χ1v) is 5.91. The lowest BCUT2D eigenvalue weighted by Crippen LogP contribution is -2.17. The fourth-order valence-corrected chi connectivity index (χ4v) is 1.88. The van der Waals surface area contributed by atoms with Crippen LogP contribution in [0.15, 0.2) is 22.7 Å². The van der Waals surface area contributed by atoms with E-state index >= 15 is 0 Å². The molecule has 0 saturated heterocycles. The number of benzene rings is 1. The summed E-state index contributed by atoms with van der Waals surface area (Å²) in [6, 6.07) is 8.05. The standard InChI is InChI=1S/C12H15BrN2O/c1-9(3-4-16-2)15-12-6-10(8-14)5-11(13)7-12/h5-7,9,15H,3-4H2,1-2H3. The Balaban J connectivity index is 2.66. The van der Waals surface area contributed by atoms with Gasteiger partial charge in [-0.3, -0.25) is 0 Å². The predicted molar refractivity (Wildman–Crippen MR) is 68.4 cm³/mol. The van der Waals surface area contributed by atoms with E-state index in [0.29, 0.717) is 11.6 Å². The van der Waals surface area contributed by atoms with Gasteiger partial charge >= 0.3 is 0 Å². The molecule has 0 saturated carbocycles. The van der Waals surface area contributed by atoms with Crippen molar-refractivity contribution in [1.82, 2.24) is 0 Å². The van der Waals surface area contributed by atoms with Crippen LogP contribution in [-0.2, 0) is 4.74 Å². The van der Waals surface area contributed by atoms with Gasteiger partial charge in [-0.25, -0.2) is 0 Å². The zero-order valence-corrected chi connectivity index (χ0v) is 11.0. The number of methoxy groups -OCH3 is 1. The van der Waals surface area contributed by atoms with E-state index in [1.54, 1.807) is 13.2 Å². The third-order valence-electron chi connectivity index (χ3n) is 2.19. The highest BCUT2D eigenvalue weighted by Gasteiger charge is 2.03. The molecule has 1 aromatic carbocycles. The van der Waals surface area contributed by atoms with Crippen LogP contribution in [0, 0.1) is 11.3 Å². The summed E-state index contributed by atoms with van der Waals surface area (Å²) in [5.74, 6) is 0. The second-order valence-electron chi connectivity index (χ2n) is 3.67. The number of nitrogens with one attached hydrogen (secondary N) is 1. The van der Waals surface area contributed by atoms with Gasteiger partial charge in [-0.2, -0.15) is 5.26 Å². The third kappa shape index (κ3) is 4.21. The van der Waals surface area contributed by atoms with Gasteiger partial charge in [-0.15, -0.1) is 0 Å². The molecular weight excluding hydrogens is 268 g/mol. The highest BCUT2D eigenvalue weighted by molar-refractivity contribution is 9.10. The number of hydrogen-bond donors (Lipinski definition) is 1. The van der Waals surface area contributed by atoms with Crippen molar-refractivity contribution in [2.24, 2.45) is 0 Å². The number of anilines is 1. The van der Waals surface area contributed by atoms with Gasteiger partial charge in [0.25, 0.3) is 0 Å². The van der Waals surface area contributed by atoms with Crippen molar-refractivity contribution in [3.63, 3.8) is 0 Å². The Hall–Kier alpha value is -1.05. The normalized spacial score (nSPS) is 11.9. The molecule has 0 radical (unpaired) electrons. The lowest BCUT2D eigenvalue weighted by atomic mass is 10.2. The van der Waals surface area contributed by atoms with E-state index in [9.17, 15) is 0 Å². The number of nitriles is 1. The Morgan fingerprint density at radius 2 is 2.25 bits per heavy atom. The molecule has 0 aliphatic rings. The number of ether oxygens (including phenoxy) is 1. The van der Waals surface area contributed by atoms with Crippen LogP contribution in [0.2, 0.25) is 0 Å². The van der Waals surface area contributed by atoms with Gasteiger partial charge in [0, 0.05) is 29.9 Å². The molecule has 1 aromatic rings. The van der Waals surface area contributed by atoms with E-state index in [1.165, 1.54) is 0 Å². The summed E-state index contributed by atoms with van der Waals surface area (Å²) in [5, 5.41) is 12.2. The number of rotatable bonds is 5. The van der Waals surface area contributed by atoms with E-state index in [0.717, 1.165) is 23.2 Å². The molecule has 86 valence electrons. The molecule has 16 heavy (non-hydrogen) atoms. The second kappa shape index (κ2) is 6.51. The fourth-order valence-electron chi connectivity index (χ4n) is 1.39. The molecule has 3 nitrogen and oxygen atoms in total. The van der Waals surface area contributed by atoms with Gasteiger partial charge in [0.15, 0.2) is 0 Å². The second-order valence-corrected chi connectivity index (χ2v) is 4.58. The molecule has 1 N–H and O–H groups in total. The zero-order chi connectivity index (χ0) is 12.0. The molecule has 0 aliphatic heterocycles. The SMILES string of the molecule is COCCC(C)Nc1cc(Br)cc(C#N)c1. The van der Waals surface area contributed by atoms with Crippen molar-refractivity contribution in [2.75, 3.05) is 19.0 Å². The van der Waals surface area contributed by atoms with E-state index in [2.05, 4.69) is 34.2 Å². The molecule has 0 fully saturated rings. The molecular formula is C12H15BrN2O. The molecule has 0 amide bonds. The Morgan fingerprint density at radius 1 is 1.50 bits per heavy atom. The quantitative estimate of drug-likeness (QED) is 0.902. The maximum atomic E-state index is 8.84. The van der Waals surface area contributed by atoms with Crippen LogP contribution in [0.1, 0.15) is 18.9 Å². The number of nitrogens with zero attached hydrogens (tertiary/aromatic N) is 1. The van der Waals surface area contributed by atoms with Gasteiger partial charge in [-0.05, 0) is 31.5 Å². The summed E-state index contributed by atoms with van der Waals surface area (Å²) in [4.78, 5) is 0. The molecule has 0 aliphatic carbocycles. The van der Waals surface area contributed by atoms with Gasteiger partial charge < -0.3 is 10.1 Å². The van der Waals surface area contributed by atoms with Gasteiger partial charge in [0.2, 0.25) is 0 Å². The van der Waals surface area contributed by atoms with E-state index in [-0.39, 0.29) is 0 Å². The van der Waals surface area contributed by atoms with Crippen molar-refractivity contribution in [3.8, 4) is 6.07 Å². The lowest BCUT2D eigenvalue weighted by Gasteiger charge is -2.15. The third-order valence-corrected chi connectivity index (χ3v) is 2.65. The molecule has 0 spiro atoms. The first kappa shape index (κ1) is 13.0. The highest BCUT2D eigenvalue weighted by atomic mass is 79.9. The minimum Gasteiger partial charge on any atom is -0.385 e. The maximum absolute atomic E-state index is 8.84. The fraction of sp³-hybridized carbons (Fsp3) is 0.417. The summed E-state index contributed by atoms with van der Waals surface area (Å²) < 4.78 is 5.93. The van der Waals surface area contributed by atoms with Crippen molar-refractivity contribution < 1.29 is 4.74 Å². The average molecular weight is 283 g/mol. The molecule has 0 heterocycles. The van der Waals surface area contributed by atoms with Crippen LogP contribution in [0.25, 0.3) is 0 Å². The minimum absolute atomic E-state index is 0.320. The van der Waals surface area contributed by atoms with E-state index in [4.69, 9.17) is 10.00 Å². The summed E-state index contributed by atoms with van der Waals surface area (Å²) >= 11 is 3.38. The Morgan fingerprint density at radius 3 is 2.88 bits per heavy atom. The predicted octanol–water partition coefficient (Wildman–Crippen LogP) is 3.16. The number of hydrogen-bond acceptors (Lipinski definition) is 3. The molecule has 0 aromatic heterocycles. The van der Waals surface area contributed by atoms with E-state index in [1.807, 2.05) is 12.1 Å². The Kier molecular flexibility index (Phi) is 5.30. The van der Waals surface area contributed by atoms with Crippen LogP contribution in [0.3, 0.4) is 0 Å². The minimum atomic E-state index is 0.320. The summed E-state index contributed by atoms with van der Waals surface area (Å²) in [5.41, 5.74) is 1.60. The molecule has 1 rings (SSSR count). The van der Waals surface area contributed by atoms with Crippen molar-refractivity contribution in [3.05, 3.63) is 28.2 Å². The van der Waals surface area contributed by atoms with Gasteiger partial charge in [-0.1, -0.05) is 15.9 Å². The Bertz CT molecular complexity index is 387. The molecule has 1 atom stereocenters. The molecule has 0 bridgehead atoms. The van der Waals surface area contributed by atoms with Crippen molar-refractivity contribution >= 4 is 21.6 Å². The van der Waals surface area contributed by atoms with Crippen LogP contribution in [-0.4, -0.2) is 19.8 Å². The molecule has 1 unspecified atom stereocenters. The van der Waals surface area contributed by atoms with Crippen molar-refractivity contribution in [2.45, 2.75) is 19.4 Å². The average Bonchev–Trinajstić information content (AvgIpc) is 2.25. The zero-order valence-electron chi connectivity index (χ0n) is 9.46. The first-order chi connectivity index (χ1) is 7.65. The van der Waals surface area contributed by atoms with Gasteiger partial charge in [0.05, 0.1) is 11.6 Å². The largest absolute Gasteiger partial charge is 0.385 e. The van der Waals surface area contributed by atoms with Crippen LogP contribution >= 0.6 is 15.9 Å². The van der Waals surface area contributed by atoms with Crippen molar-refractivity contribution in [1.29, 1.82) is 5.26 Å². The molecule has 4 heteroatoms. The van der Waals surface area contributed by atoms with E-state index < -0.39 is 0 Å². The van der Waals surface area contributed by atoms with Crippen LogP contribution in [0.5, 0.6) is 0 Å². The monoisotopic (exact) mass is 282 g/mol. The first-order valence-electron chi connectivity index (χ1n) is 5.12. The van der Waals surface area contributed by atoms with Gasteiger partial charge in [0.1, 0.15) is 0 Å². The topological polar surface area (TPSA) is 45.0 Å². The highest BCUT2D eigenvalue weighted by Crippen LogP contribution is 2.20. The van der Waals surface area contributed by atoms with Crippen LogP contribution < -0.4 is 5.32 Å².